The van der Waals surface area contributed by atoms with Crippen LogP contribution in [0, 0.1) is 11.3 Å². The van der Waals surface area contributed by atoms with Gasteiger partial charge in [0, 0.05) is 19.8 Å². The van der Waals surface area contributed by atoms with E-state index in [9.17, 15) is 8.42 Å². The Bertz CT molecular complexity index is 355. The van der Waals surface area contributed by atoms with Gasteiger partial charge in [0.2, 0.25) is 10.0 Å². The van der Waals surface area contributed by atoms with Crippen molar-refractivity contribution in [1.29, 1.82) is 5.26 Å². The van der Waals surface area contributed by atoms with E-state index in [1.54, 1.807) is 7.11 Å². The standard InChI is InChI=1S/C11H20N2O3S/c1-16-9-4-10-17(14,15)13(8-7-12)11-5-2-3-6-11/h11H,2-6,8-10H2,1H3. The molecular weight excluding hydrogens is 240 g/mol. The highest BCUT2D eigenvalue weighted by Crippen LogP contribution is 2.25. The van der Waals surface area contributed by atoms with Crippen LogP contribution in [0.2, 0.25) is 0 Å². The summed E-state index contributed by atoms with van der Waals surface area (Å²) in [6.45, 7) is 0.407. The Balaban J connectivity index is 2.64. The molecule has 1 aliphatic carbocycles. The molecule has 0 amide bonds. The molecule has 0 unspecified atom stereocenters. The summed E-state index contributed by atoms with van der Waals surface area (Å²) in [7, 11) is -1.76. The summed E-state index contributed by atoms with van der Waals surface area (Å²) < 4.78 is 30.4. The van der Waals surface area contributed by atoms with Crippen molar-refractivity contribution in [3.05, 3.63) is 0 Å². The van der Waals surface area contributed by atoms with E-state index in [4.69, 9.17) is 10.00 Å². The quantitative estimate of drug-likeness (QED) is 0.508. The van der Waals surface area contributed by atoms with Crippen LogP contribution in [0.3, 0.4) is 0 Å². The lowest BCUT2D eigenvalue weighted by Gasteiger charge is -2.25. The normalized spacial score (nSPS) is 17.5. The average Bonchev–Trinajstić information content (AvgIpc) is 2.79. The number of hydrogen-bond donors (Lipinski definition) is 0. The smallest absolute Gasteiger partial charge is 0.215 e. The maximum absolute atomic E-state index is 12.1. The Hall–Kier alpha value is -0.640. The third kappa shape index (κ3) is 4.26. The van der Waals surface area contributed by atoms with Gasteiger partial charge in [-0.3, -0.25) is 0 Å². The largest absolute Gasteiger partial charge is 0.385 e. The molecule has 0 spiro atoms. The lowest BCUT2D eigenvalue weighted by Crippen LogP contribution is -2.40. The molecule has 0 atom stereocenters. The Morgan fingerprint density at radius 1 is 1.41 bits per heavy atom. The molecule has 0 N–H and O–H groups in total. The number of rotatable bonds is 7. The zero-order valence-corrected chi connectivity index (χ0v) is 11.1. The molecule has 1 fully saturated rings. The Morgan fingerprint density at radius 2 is 2.06 bits per heavy atom. The van der Waals surface area contributed by atoms with Crippen LogP contribution in [0.15, 0.2) is 0 Å². The number of nitrogens with zero attached hydrogens (tertiary/aromatic N) is 2. The van der Waals surface area contributed by atoms with E-state index < -0.39 is 10.0 Å². The number of nitriles is 1. The molecule has 0 aromatic carbocycles. The molecule has 6 heteroatoms. The second-order valence-electron chi connectivity index (χ2n) is 4.30. The summed E-state index contributed by atoms with van der Waals surface area (Å²) in [6.07, 6.45) is 4.35. The van der Waals surface area contributed by atoms with Crippen molar-refractivity contribution in [1.82, 2.24) is 4.31 Å². The molecule has 0 bridgehead atoms. The van der Waals surface area contributed by atoms with Gasteiger partial charge in [0.15, 0.2) is 0 Å². The van der Waals surface area contributed by atoms with Crippen LogP contribution in [-0.4, -0.2) is 44.8 Å². The topological polar surface area (TPSA) is 70.4 Å². The fraction of sp³-hybridized carbons (Fsp3) is 0.909. The Labute approximate surface area is 103 Å². The van der Waals surface area contributed by atoms with Crippen LogP contribution in [-0.2, 0) is 14.8 Å². The van der Waals surface area contributed by atoms with Crippen molar-refractivity contribution in [2.75, 3.05) is 26.0 Å². The number of hydrogen-bond acceptors (Lipinski definition) is 4. The first-order valence-corrected chi connectivity index (χ1v) is 7.58. The highest BCUT2D eigenvalue weighted by molar-refractivity contribution is 7.89. The second-order valence-corrected chi connectivity index (χ2v) is 6.35. The molecule has 98 valence electrons. The van der Waals surface area contributed by atoms with Crippen molar-refractivity contribution in [3.8, 4) is 6.07 Å². The van der Waals surface area contributed by atoms with Crippen LogP contribution in [0.5, 0.6) is 0 Å². The first kappa shape index (κ1) is 14.4. The van der Waals surface area contributed by atoms with E-state index in [1.807, 2.05) is 6.07 Å². The van der Waals surface area contributed by atoms with Gasteiger partial charge in [0.25, 0.3) is 0 Å². The van der Waals surface area contributed by atoms with Gasteiger partial charge in [-0.25, -0.2) is 8.42 Å². The van der Waals surface area contributed by atoms with Crippen LogP contribution >= 0.6 is 0 Å². The summed E-state index contributed by atoms with van der Waals surface area (Å²) in [5.41, 5.74) is 0. The van der Waals surface area contributed by atoms with Crippen LogP contribution < -0.4 is 0 Å². The summed E-state index contributed by atoms with van der Waals surface area (Å²) in [5.74, 6) is 0.0685. The van der Waals surface area contributed by atoms with Crippen LogP contribution in [0.1, 0.15) is 32.1 Å². The second kappa shape index (κ2) is 6.94. The molecule has 1 aliphatic rings. The third-order valence-electron chi connectivity index (χ3n) is 3.07. The van der Waals surface area contributed by atoms with Crippen LogP contribution in [0.25, 0.3) is 0 Å². The molecule has 0 aromatic heterocycles. The third-order valence-corrected chi connectivity index (χ3v) is 5.01. The fourth-order valence-corrected chi connectivity index (χ4v) is 3.86. The maximum Gasteiger partial charge on any atom is 0.215 e. The zero-order chi connectivity index (χ0) is 12.7. The van der Waals surface area contributed by atoms with E-state index in [0.717, 1.165) is 25.7 Å². The van der Waals surface area contributed by atoms with Crippen molar-refractivity contribution in [2.24, 2.45) is 0 Å². The molecule has 0 aromatic rings. The monoisotopic (exact) mass is 260 g/mol. The fourth-order valence-electron chi connectivity index (χ4n) is 2.22. The summed E-state index contributed by atoms with van der Waals surface area (Å²) >= 11 is 0. The number of methoxy groups -OCH3 is 1. The Morgan fingerprint density at radius 3 is 2.59 bits per heavy atom. The van der Waals surface area contributed by atoms with Gasteiger partial charge >= 0.3 is 0 Å². The summed E-state index contributed by atoms with van der Waals surface area (Å²) in [4.78, 5) is 0. The number of ether oxygens (including phenoxy) is 1. The van der Waals surface area contributed by atoms with Gasteiger partial charge in [-0.1, -0.05) is 12.8 Å². The van der Waals surface area contributed by atoms with Crippen LogP contribution in [0.4, 0.5) is 0 Å². The first-order chi connectivity index (χ1) is 8.11. The van der Waals surface area contributed by atoms with E-state index in [0.29, 0.717) is 13.0 Å². The van der Waals surface area contributed by atoms with E-state index in [-0.39, 0.29) is 18.3 Å². The molecule has 0 radical (unpaired) electrons. The minimum absolute atomic E-state index is 0.0278. The minimum Gasteiger partial charge on any atom is -0.385 e. The Kier molecular flexibility index (Phi) is 5.89. The summed E-state index contributed by atoms with van der Waals surface area (Å²) in [5, 5.41) is 8.75. The van der Waals surface area contributed by atoms with E-state index >= 15 is 0 Å². The highest BCUT2D eigenvalue weighted by atomic mass is 32.2. The highest BCUT2D eigenvalue weighted by Gasteiger charge is 2.31. The number of sulfonamides is 1. The average molecular weight is 260 g/mol. The van der Waals surface area contributed by atoms with Crippen molar-refractivity contribution >= 4 is 10.0 Å². The van der Waals surface area contributed by atoms with Crippen molar-refractivity contribution < 1.29 is 13.2 Å². The molecule has 17 heavy (non-hydrogen) atoms. The van der Waals surface area contributed by atoms with Gasteiger partial charge in [-0.15, -0.1) is 0 Å². The SMILES string of the molecule is COCCCS(=O)(=O)N(CC#N)C1CCCC1. The zero-order valence-electron chi connectivity index (χ0n) is 10.3. The lowest BCUT2D eigenvalue weighted by molar-refractivity contribution is 0.199. The first-order valence-electron chi connectivity index (χ1n) is 5.97. The van der Waals surface area contributed by atoms with E-state index in [2.05, 4.69) is 0 Å². The van der Waals surface area contributed by atoms with E-state index in [1.165, 1.54) is 4.31 Å². The lowest BCUT2D eigenvalue weighted by atomic mass is 10.2. The molecular formula is C11H20N2O3S. The predicted molar refractivity (Wildman–Crippen MR) is 64.9 cm³/mol. The molecule has 1 saturated carbocycles. The van der Waals surface area contributed by atoms with Gasteiger partial charge < -0.3 is 4.74 Å². The molecule has 5 nitrogen and oxygen atoms in total. The van der Waals surface area contributed by atoms with Gasteiger partial charge in [-0.2, -0.15) is 9.57 Å². The molecule has 1 rings (SSSR count). The van der Waals surface area contributed by atoms with Gasteiger partial charge in [0.05, 0.1) is 11.8 Å². The maximum atomic E-state index is 12.1. The predicted octanol–water partition coefficient (Wildman–Crippen LogP) is 1.12. The molecule has 0 aliphatic heterocycles. The van der Waals surface area contributed by atoms with Crippen molar-refractivity contribution in [3.63, 3.8) is 0 Å². The molecule has 0 saturated heterocycles. The van der Waals surface area contributed by atoms with Crippen molar-refractivity contribution in [2.45, 2.75) is 38.1 Å². The molecule has 0 heterocycles. The summed E-state index contributed by atoms with van der Waals surface area (Å²) in [6, 6.07) is 1.99. The van der Waals surface area contributed by atoms with Gasteiger partial charge in [-0.05, 0) is 19.3 Å². The minimum atomic E-state index is -3.31. The van der Waals surface area contributed by atoms with Gasteiger partial charge in [0.1, 0.15) is 6.54 Å².